The summed E-state index contributed by atoms with van der Waals surface area (Å²) < 4.78 is 0. The molecule has 0 fully saturated rings. The van der Waals surface area contributed by atoms with E-state index in [1.54, 1.807) is 10.8 Å². The van der Waals surface area contributed by atoms with Crippen LogP contribution in [0.25, 0.3) is 11.1 Å². The van der Waals surface area contributed by atoms with E-state index in [1.807, 2.05) is 0 Å². The molecule has 0 spiro atoms. The van der Waals surface area contributed by atoms with Gasteiger partial charge in [0.25, 0.3) is 0 Å². The first-order chi connectivity index (χ1) is 12.7. The lowest BCUT2D eigenvalue weighted by atomic mass is 10.0. The molecule has 27 heavy (non-hydrogen) atoms. The highest BCUT2D eigenvalue weighted by molar-refractivity contribution is 6.93. The lowest BCUT2D eigenvalue weighted by Gasteiger charge is -2.38. The molecule has 142 valence electrons. The molecule has 0 heterocycles. The van der Waals surface area contributed by atoms with Gasteiger partial charge < -0.3 is 0 Å². The van der Waals surface area contributed by atoms with E-state index in [4.69, 9.17) is 0 Å². The second kappa shape index (κ2) is 7.64. The highest BCUT2D eigenvalue weighted by atomic mass is 28.3. The van der Waals surface area contributed by atoms with Crippen LogP contribution < -0.4 is 5.19 Å². The summed E-state index contributed by atoms with van der Waals surface area (Å²) in [5, 5.41) is 2.06. The molecular weight excluding hydrogens is 340 g/mol. The summed E-state index contributed by atoms with van der Waals surface area (Å²) in [4.78, 5) is 0. The van der Waals surface area contributed by atoms with Gasteiger partial charge in [0.1, 0.15) is 0 Å². The quantitative estimate of drug-likeness (QED) is 0.422. The Bertz CT molecular complexity index is 869. The number of aryl methyl sites for hydroxylation is 1. The highest BCUT2D eigenvalue weighted by Crippen LogP contribution is 2.41. The Morgan fingerprint density at radius 3 is 1.89 bits per heavy atom. The number of rotatable bonds is 5. The molecule has 0 saturated heterocycles. The molecule has 0 nitrogen and oxygen atoms in total. The summed E-state index contributed by atoms with van der Waals surface area (Å²) in [5.74, 6) is 0. The van der Waals surface area contributed by atoms with Gasteiger partial charge in [-0.1, -0.05) is 99.7 Å². The first-order valence-corrected chi connectivity index (χ1v) is 13.3. The summed E-state index contributed by atoms with van der Waals surface area (Å²) in [6, 6.07) is 22.1. The molecule has 1 aromatic carbocycles. The van der Waals surface area contributed by atoms with E-state index in [9.17, 15) is 0 Å². The number of hydrogen-bond donors (Lipinski definition) is 0. The normalized spacial score (nSPS) is 12.5. The van der Waals surface area contributed by atoms with Crippen LogP contribution in [-0.2, 0) is 12.8 Å². The third kappa shape index (κ3) is 3.89. The van der Waals surface area contributed by atoms with E-state index in [0.29, 0.717) is 5.04 Å². The lowest BCUT2D eigenvalue weighted by Crippen LogP contribution is -2.51. The number of fused-ring (bicyclic) bond motifs is 1. The minimum atomic E-state index is -1.61. The molecule has 0 unspecified atom stereocenters. The average Bonchev–Trinajstić information content (AvgIpc) is 2.77. The fourth-order valence-electron chi connectivity index (χ4n) is 4.23. The largest absolute Gasteiger partial charge is 0.0866 e. The van der Waals surface area contributed by atoms with Crippen LogP contribution in [0.1, 0.15) is 43.9 Å². The van der Waals surface area contributed by atoms with E-state index in [1.165, 1.54) is 35.1 Å². The molecule has 1 heteroatoms. The van der Waals surface area contributed by atoms with E-state index in [-0.39, 0.29) is 0 Å². The monoisotopic (exact) mass is 374 g/mol. The minimum Gasteiger partial charge on any atom is -0.0650 e. The van der Waals surface area contributed by atoms with Crippen molar-refractivity contribution in [3.05, 3.63) is 77.4 Å². The Morgan fingerprint density at radius 2 is 1.30 bits per heavy atom. The molecular formula is C26H34Si. The fourth-order valence-corrected chi connectivity index (χ4v) is 7.06. The maximum absolute atomic E-state index is 2.56. The van der Waals surface area contributed by atoms with Crippen LogP contribution in [0.2, 0.25) is 18.1 Å². The Labute approximate surface area is 167 Å². The van der Waals surface area contributed by atoms with Gasteiger partial charge >= 0.3 is 0 Å². The van der Waals surface area contributed by atoms with Crippen molar-refractivity contribution in [2.24, 2.45) is 0 Å². The van der Waals surface area contributed by atoms with Gasteiger partial charge in [0.05, 0.1) is 8.07 Å². The SMILES string of the molecule is Cc1c2cccccc-2c(CCCc2ccccc2)c1[Si](C)(C)C(C)(C)C. The van der Waals surface area contributed by atoms with Gasteiger partial charge in [-0.15, -0.1) is 0 Å². The van der Waals surface area contributed by atoms with Crippen LogP contribution in [0.4, 0.5) is 0 Å². The fraction of sp³-hybridized carbons (Fsp3) is 0.385. The Hall–Kier alpha value is -1.86. The van der Waals surface area contributed by atoms with Crippen LogP contribution in [0, 0.1) is 6.92 Å². The average molecular weight is 375 g/mol. The third-order valence-corrected chi connectivity index (χ3v) is 12.4. The standard InChI is InChI=1S/C26H34Si/c1-20-22-17-11-8-12-18-23(22)24(25(20)27(5,6)26(2,3)4)19-13-16-21-14-9-7-10-15-21/h7-12,14-15,17-18H,13,16,19H2,1-6H3. The van der Waals surface area contributed by atoms with Crippen LogP contribution in [0.5, 0.6) is 0 Å². The molecule has 0 bridgehead atoms. The Balaban J connectivity index is 2.04. The molecule has 0 aliphatic heterocycles. The van der Waals surface area contributed by atoms with E-state index in [0.717, 1.165) is 6.42 Å². The summed E-state index contributed by atoms with van der Waals surface area (Å²) in [6.07, 6.45) is 3.54. The van der Waals surface area contributed by atoms with Gasteiger partial charge in [-0.05, 0) is 59.0 Å². The molecule has 0 radical (unpaired) electrons. The predicted molar refractivity (Wildman–Crippen MR) is 123 cm³/mol. The van der Waals surface area contributed by atoms with Crippen molar-refractivity contribution in [1.82, 2.24) is 0 Å². The summed E-state index contributed by atoms with van der Waals surface area (Å²) in [6.45, 7) is 14.8. The van der Waals surface area contributed by atoms with Crippen LogP contribution in [0.3, 0.4) is 0 Å². The molecule has 0 saturated carbocycles. The smallest absolute Gasteiger partial charge is 0.0650 e. The van der Waals surface area contributed by atoms with Crippen LogP contribution in [-0.4, -0.2) is 8.07 Å². The first-order valence-electron chi connectivity index (χ1n) is 10.3. The Morgan fingerprint density at radius 1 is 0.741 bits per heavy atom. The van der Waals surface area contributed by atoms with Gasteiger partial charge in [0.15, 0.2) is 0 Å². The molecule has 2 aliphatic rings. The molecule has 0 aromatic heterocycles. The summed E-state index contributed by atoms with van der Waals surface area (Å²) in [7, 11) is -1.61. The molecule has 2 aliphatic carbocycles. The van der Waals surface area contributed by atoms with Gasteiger partial charge in [-0.25, -0.2) is 0 Å². The molecule has 0 amide bonds. The zero-order valence-corrected chi connectivity index (χ0v) is 18.9. The second-order valence-corrected chi connectivity index (χ2v) is 14.7. The predicted octanol–water partition coefficient (Wildman–Crippen LogP) is 6.99. The van der Waals surface area contributed by atoms with Crippen LogP contribution >= 0.6 is 0 Å². The van der Waals surface area contributed by atoms with E-state index >= 15 is 0 Å². The van der Waals surface area contributed by atoms with Gasteiger partial charge in [-0.3, -0.25) is 0 Å². The van der Waals surface area contributed by atoms with Gasteiger partial charge in [0.2, 0.25) is 0 Å². The highest BCUT2D eigenvalue weighted by Gasteiger charge is 2.41. The molecule has 0 atom stereocenters. The first kappa shape index (κ1) is 19.9. The van der Waals surface area contributed by atoms with Crippen molar-refractivity contribution in [3.63, 3.8) is 0 Å². The van der Waals surface area contributed by atoms with Crippen molar-refractivity contribution < 1.29 is 0 Å². The third-order valence-electron chi connectivity index (χ3n) is 6.68. The topological polar surface area (TPSA) is 0 Å². The minimum absolute atomic E-state index is 0.346. The number of benzene rings is 1. The maximum Gasteiger partial charge on any atom is 0.0866 e. The van der Waals surface area contributed by atoms with Crippen molar-refractivity contribution in [3.8, 4) is 11.1 Å². The zero-order valence-electron chi connectivity index (χ0n) is 17.9. The summed E-state index contributed by atoms with van der Waals surface area (Å²) in [5.41, 5.74) is 7.54. The van der Waals surface area contributed by atoms with Crippen molar-refractivity contribution in [1.29, 1.82) is 0 Å². The second-order valence-electron chi connectivity index (χ2n) is 9.43. The molecule has 3 rings (SSSR count). The van der Waals surface area contributed by atoms with E-state index < -0.39 is 8.07 Å². The molecule has 0 N–H and O–H groups in total. The lowest BCUT2D eigenvalue weighted by molar-refractivity contribution is 0.728. The van der Waals surface area contributed by atoms with Gasteiger partial charge in [0, 0.05) is 0 Å². The van der Waals surface area contributed by atoms with E-state index in [2.05, 4.69) is 101 Å². The van der Waals surface area contributed by atoms with Crippen molar-refractivity contribution in [2.75, 3.05) is 0 Å². The van der Waals surface area contributed by atoms with Crippen molar-refractivity contribution >= 4 is 13.3 Å². The van der Waals surface area contributed by atoms with Gasteiger partial charge in [-0.2, -0.15) is 0 Å². The van der Waals surface area contributed by atoms with Crippen LogP contribution in [0.15, 0.2) is 60.7 Å². The summed E-state index contributed by atoms with van der Waals surface area (Å²) >= 11 is 0. The maximum atomic E-state index is 2.56. The Kier molecular flexibility index (Phi) is 5.62. The van der Waals surface area contributed by atoms with Crippen molar-refractivity contribution in [2.45, 2.75) is 65.1 Å². The number of hydrogen-bond acceptors (Lipinski definition) is 0. The molecule has 1 aromatic rings. The zero-order chi connectivity index (χ0) is 19.7.